The van der Waals surface area contributed by atoms with Gasteiger partial charge in [0, 0.05) is 32.9 Å². The van der Waals surface area contributed by atoms with Gasteiger partial charge in [0.05, 0.1) is 17.8 Å². The Morgan fingerprint density at radius 1 is 1.43 bits per heavy atom. The van der Waals surface area contributed by atoms with Gasteiger partial charge in [-0.05, 0) is 13.0 Å². The average molecular weight is 314 g/mol. The molecule has 3 heterocycles. The Labute approximate surface area is 129 Å². The zero-order valence-electron chi connectivity index (χ0n) is 12.0. The minimum absolute atomic E-state index is 0. The molecule has 1 aromatic heterocycles. The van der Waals surface area contributed by atoms with Crippen molar-refractivity contribution in [2.24, 2.45) is 13.0 Å². The largest absolute Gasteiger partial charge is 0.331 e. The predicted octanol–water partition coefficient (Wildman–Crippen LogP) is -0.373. The molecule has 0 radical (unpaired) electrons. The van der Waals surface area contributed by atoms with Gasteiger partial charge >= 0.3 is 0 Å². The molecule has 7 nitrogen and oxygen atoms in total. The molecule has 21 heavy (non-hydrogen) atoms. The molecule has 1 unspecified atom stereocenters. The van der Waals surface area contributed by atoms with Crippen LogP contribution in [0.1, 0.15) is 6.42 Å². The highest BCUT2D eigenvalue weighted by atomic mass is 35.5. The molecule has 2 aliphatic heterocycles. The van der Waals surface area contributed by atoms with Crippen molar-refractivity contribution in [1.29, 1.82) is 0 Å². The highest BCUT2D eigenvalue weighted by molar-refractivity contribution is 5.98. The first-order chi connectivity index (χ1) is 9.65. The Bertz CT molecular complexity index is 526. The highest BCUT2D eigenvalue weighted by Crippen LogP contribution is 2.18. The van der Waals surface area contributed by atoms with Crippen molar-refractivity contribution in [3.63, 3.8) is 0 Å². The third-order valence-corrected chi connectivity index (χ3v) is 3.94. The maximum Gasteiger partial charge on any atom is 0.246 e. The van der Waals surface area contributed by atoms with Gasteiger partial charge in [-0.3, -0.25) is 14.3 Å². The normalized spacial score (nSPS) is 22.3. The van der Waals surface area contributed by atoms with E-state index in [1.165, 1.54) is 0 Å². The molecule has 1 N–H and O–H groups in total. The van der Waals surface area contributed by atoms with Crippen LogP contribution < -0.4 is 10.2 Å². The number of aromatic nitrogens is 2. The second-order valence-electron chi connectivity index (χ2n) is 5.37. The molecule has 2 aliphatic rings. The summed E-state index contributed by atoms with van der Waals surface area (Å²) in [5, 5.41) is 7.26. The second-order valence-corrected chi connectivity index (χ2v) is 5.37. The summed E-state index contributed by atoms with van der Waals surface area (Å²) < 4.78 is 1.67. The van der Waals surface area contributed by atoms with Crippen molar-refractivity contribution >= 4 is 29.9 Å². The summed E-state index contributed by atoms with van der Waals surface area (Å²) in [6.45, 7) is 2.92. The zero-order valence-corrected chi connectivity index (χ0v) is 12.8. The minimum atomic E-state index is -0.0384. The quantitative estimate of drug-likeness (QED) is 0.808. The van der Waals surface area contributed by atoms with E-state index in [0.717, 1.165) is 25.2 Å². The number of carbonyl (C=O) groups is 2. The van der Waals surface area contributed by atoms with Gasteiger partial charge in [-0.1, -0.05) is 0 Å². The van der Waals surface area contributed by atoms with Gasteiger partial charge in [-0.15, -0.1) is 12.4 Å². The van der Waals surface area contributed by atoms with Gasteiger partial charge in [0.1, 0.15) is 6.54 Å². The number of anilines is 1. The van der Waals surface area contributed by atoms with E-state index in [4.69, 9.17) is 0 Å². The third kappa shape index (κ3) is 3.19. The van der Waals surface area contributed by atoms with E-state index >= 15 is 0 Å². The monoisotopic (exact) mass is 313 g/mol. The maximum atomic E-state index is 12.3. The second kappa shape index (κ2) is 6.44. The third-order valence-electron chi connectivity index (χ3n) is 3.94. The summed E-state index contributed by atoms with van der Waals surface area (Å²) in [6.07, 6.45) is 4.36. The Balaban J connectivity index is 0.00000161. The van der Waals surface area contributed by atoms with Crippen molar-refractivity contribution in [2.45, 2.75) is 6.42 Å². The zero-order chi connectivity index (χ0) is 14.1. The van der Waals surface area contributed by atoms with Gasteiger partial charge in [0.2, 0.25) is 11.8 Å². The fourth-order valence-corrected chi connectivity index (χ4v) is 2.81. The van der Waals surface area contributed by atoms with Gasteiger partial charge in [0.25, 0.3) is 0 Å². The van der Waals surface area contributed by atoms with Crippen LogP contribution in [0.5, 0.6) is 0 Å². The molecule has 0 saturated carbocycles. The Morgan fingerprint density at radius 3 is 2.81 bits per heavy atom. The van der Waals surface area contributed by atoms with Crippen LogP contribution in [0.15, 0.2) is 12.4 Å². The molecule has 0 spiro atoms. The highest BCUT2D eigenvalue weighted by Gasteiger charge is 2.33. The van der Waals surface area contributed by atoms with E-state index in [1.54, 1.807) is 20.7 Å². The summed E-state index contributed by atoms with van der Waals surface area (Å²) in [4.78, 5) is 27.9. The Hall–Kier alpha value is -1.60. The molecule has 1 atom stereocenters. The van der Waals surface area contributed by atoms with Gasteiger partial charge in [-0.25, -0.2) is 0 Å². The molecule has 1 aromatic rings. The van der Waals surface area contributed by atoms with E-state index in [9.17, 15) is 9.59 Å². The van der Waals surface area contributed by atoms with E-state index in [0.29, 0.717) is 13.1 Å². The summed E-state index contributed by atoms with van der Waals surface area (Å²) in [6, 6.07) is 0. The molecule has 116 valence electrons. The van der Waals surface area contributed by atoms with Crippen molar-refractivity contribution in [1.82, 2.24) is 20.0 Å². The number of carbonyl (C=O) groups excluding carboxylic acids is 2. The number of hydrogen-bond donors (Lipinski definition) is 1. The number of nitrogens with zero attached hydrogens (tertiary/aromatic N) is 4. The number of piperazine rings is 1. The first-order valence-electron chi connectivity index (χ1n) is 6.93. The van der Waals surface area contributed by atoms with E-state index < -0.39 is 0 Å². The first-order valence-corrected chi connectivity index (χ1v) is 6.93. The van der Waals surface area contributed by atoms with Crippen LogP contribution in [0, 0.1) is 5.92 Å². The number of nitrogens with one attached hydrogen (secondary N) is 1. The molecule has 0 aromatic carbocycles. The molecule has 2 fully saturated rings. The van der Waals surface area contributed by atoms with Crippen molar-refractivity contribution in [3.8, 4) is 0 Å². The maximum absolute atomic E-state index is 12.3. The van der Waals surface area contributed by atoms with Crippen LogP contribution in [-0.4, -0.2) is 59.2 Å². The summed E-state index contributed by atoms with van der Waals surface area (Å²) in [7, 11) is 1.82. The van der Waals surface area contributed by atoms with Crippen LogP contribution in [0.2, 0.25) is 0 Å². The topological polar surface area (TPSA) is 70.5 Å². The minimum Gasteiger partial charge on any atom is -0.331 e. The number of hydrogen-bond acceptors (Lipinski definition) is 4. The Morgan fingerprint density at radius 2 is 2.24 bits per heavy atom. The lowest BCUT2D eigenvalue weighted by Crippen LogP contribution is -2.53. The van der Waals surface area contributed by atoms with Crippen LogP contribution in [0.4, 0.5) is 5.69 Å². The summed E-state index contributed by atoms with van der Waals surface area (Å²) in [5.41, 5.74) is 0.798. The van der Waals surface area contributed by atoms with Crippen LogP contribution in [0.25, 0.3) is 0 Å². The average Bonchev–Trinajstić information content (AvgIpc) is 3.09. The van der Waals surface area contributed by atoms with E-state index in [-0.39, 0.29) is 36.7 Å². The molecule has 2 amide bonds. The van der Waals surface area contributed by atoms with Crippen LogP contribution >= 0.6 is 12.4 Å². The first kappa shape index (κ1) is 15.8. The van der Waals surface area contributed by atoms with Crippen LogP contribution in [-0.2, 0) is 16.6 Å². The fourth-order valence-electron chi connectivity index (χ4n) is 2.81. The summed E-state index contributed by atoms with van der Waals surface area (Å²) >= 11 is 0. The van der Waals surface area contributed by atoms with Crippen LogP contribution in [0.3, 0.4) is 0 Å². The molecule has 2 saturated heterocycles. The molecular formula is C13H20ClN5O2. The van der Waals surface area contributed by atoms with Crippen molar-refractivity contribution in [3.05, 3.63) is 12.4 Å². The van der Waals surface area contributed by atoms with Gasteiger partial charge < -0.3 is 15.1 Å². The fraction of sp³-hybridized carbons (Fsp3) is 0.615. The lowest BCUT2D eigenvalue weighted by atomic mass is 10.1. The molecular weight excluding hydrogens is 294 g/mol. The SMILES string of the molecule is Cl.Cn1cc(N2CCN(C(=O)C3CCNC3)CC2=O)cn1. The van der Waals surface area contributed by atoms with E-state index in [1.807, 2.05) is 13.2 Å². The lowest BCUT2D eigenvalue weighted by molar-refractivity contribution is -0.139. The smallest absolute Gasteiger partial charge is 0.246 e. The predicted molar refractivity (Wildman–Crippen MR) is 80.4 cm³/mol. The standard InChI is InChI=1S/C13H19N5O2.ClH/c1-16-8-11(7-15-16)18-5-4-17(9-12(18)19)13(20)10-2-3-14-6-10;/h7-8,10,14H,2-6,9H2,1H3;1H. The lowest BCUT2D eigenvalue weighted by Gasteiger charge is -2.34. The van der Waals surface area contributed by atoms with E-state index in [2.05, 4.69) is 10.4 Å². The van der Waals surface area contributed by atoms with Gasteiger partial charge in [-0.2, -0.15) is 5.10 Å². The van der Waals surface area contributed by atoms with Crippen molar-refractivity contribution in [2.75, 3.05) is 37.6 Å². The molecule has 0 bridgehead atoms. The number of amides is 2. The number of aryl methyl sites for hydroxylation is 1. The summed E-state index contributed by atoms with van der Waals surface area (Å²) in [5.74, 6) is 0.102. The van der Waals surface area contributed by atoms with Gasteiger partial charge in [0.15, 0.2) is 0 Å². The van der Waals surface area contributed by atoms with Crippen molar-refractivity contribution < 1.29 is 9.59 Å². The number of rotatable bonds is 2. The Kier molecular flexibility index (Phi) is 4.84. The molecule has 8 heteroatoms. The number of halogens is 1. The molecule has 0 aliphatic carbocycles. The molecule has 3 rings (SSSR count).